The number of anilines is 1. The number of esters is 1. The number of rotatable bonds is 7. The van der Waals surface area contributed by atoms with Gasteiger partial charge in [0.05, 0.1) is 17.6 Å². The Hall–Kier alpha value is -2.23. The maximum absolute atomic E-state index is 12.4. The maximum Gasteiger partial charge on any atom is 0.337 e. The number of methoxy groups -OCH3 is 1. The summed E-state index contributed by atoms with van der Waals surface area (Å²) in [6.45, 7) is 4.10. The highest BCUT2D eigenvalue weighted by Gasteiger charge is 2.14. The summed E-state index contributed by atoms with van der Waals surface area (Å²) in [7, 11) is 1.36. The third kappa shape index (κ3) is 4.98. The number of benzene rings is 1. The highest BCUT2D eigenvalue weighted by molar-refractivity contribution is 8.00. The first-order valence-electron chi connectivity index (χ1n) is 8.54. The van der Waals surface area contributed by atoms with Crippen molar-refractivity contribution < 1.29 is 14.3 Å². The van der Waals surface area contributed by atoms with Gasteiger partial charge in [0.25, 0.3) is 5.91 Å². The van der Waals surface area contributed by atoms with Gasteiger partial charge >= 0.3 is 5.97 Å². The number of carbonyl (C=O) groups is 2. The van der Waals surface area contributed by atoms with Gasteiger partial charge in [-0.3, -0.25) is 10.1 Å². The number of carbonyl (C=O) groups excluding carboxylic acids is 2. The molecule has 28 heavy (non-hydrogen) atoms. The molecule has 0 aliphatic rings. The van der Waals surface area contributed by atoms with Crippen LogP contribution in [-0.2, 0) is 16.9 Å². The zero-order chi connectivity index (χ0) is 20.1. The van der Waals surface area contributed by atoms with Crippen LogP contribution < -0.4 is 5.32 Å². The SMILES string of the molecule is CCc1sc(C(=O)Nc2nnc(SCc3ccc(C(=O)OC)cc3)s2)cc1C. The molecular formula is C19H19N3O3S3. The Morgan fingerprint density at radius 1 is 1.18 bits per heavy atom. The van der Waals surface area contributed by atoms with Crippen LogP contribution in [0, 0.1) is 6.92 Å². The summed E-state index contributed by atoms with van der Waals surface area (Å²) in [4.78, 5) is 25.8. The number of nitrogens with one attached hydrogen (secondary N) is 1. The molecule has 0 spiro atoms. The predicted octanol–water partition coefficient (Wildman–Crippen LogP) is 4.80. The lowest BCUT2D eigenvalue weighted by Gasteiger charge is -2.01. The molecule has 146 valence electrons. The summed E-state index contributed by atoms with van der Waals surface area (Å²) in [5.74, 6) is 0.184. The van der Waals surface area contributed by atoms with E-state index in [4.69, 9.17) is 4.74 Å². The van der Waals surface area contributed by atoms with Crippen molar-refractivity contribution in [3.8, 4) is 0 Å². The first kappa shape index (κ1) is 20.5. The second-order valence-corrected chi connectivity index (χ2v) is 9.21. The van der Waals surface area contributed by atoms with Gasteiger partial charge in [-0.05, 0) is 42.7 Å². The Kier molecular flexibility index (Phi) is 6.82. The lowest BCUT2D eigenvalue weighted by atomic mass is 10.1. The predicted molar refractivity (Wildman–Crippen MR) is 114 cm³/mol. The Labute approximate surface area is 175 Å². The molecule has 2 aromatic heterocycles. The molecule has 0 unspecified atom stereocenters. The van der Waals surface area contributed by atoms with Crippen molar-refractivity contribution in [1.29, 1.82) is 0 Å². The molecule has 0 aliphatic carbocycles. The van der Waals surface area contributed by atoms with E-state index in [2.05, 4.69) is 22.4 Å². The van der Waals surface area contributed by atoms with E-state index >= 15 is 0 Å². The fourth-order valence-electron chi connectivity index (χ4n) is 2.46. The average molecular weight is 434 g/mol. The second-order valence-electron chi connectivity index (χ2n) is 5.87. The summed E-state index contributed by atoms with van der Waals surface area (Å²) in [5.41, 5.74) is 2.72. The minimum Gasteiger partial charge on any atom is -0.465 e. The van der Waals surface area contributed by atoms with Crippen molar-refractivity contribution in [1.82, 2.24) is 10.2 Å². The number of hydrogen-bond donors (Lipinski definition) is 1. The normalized spacial score (nSPS) is 10.7. The van der Waals surface area contributed by atoms with Gasteiger partial charge in [-0.15, -0.1) is 21.5 Å². The molecule has 1 aromatic carbocycles. The number of amides is 1. The van der Waals surface area contributed by atoms with Crippen LogP contribution in [0.4, 0.5) is 5.13 Å². The van der Waals surface area contributed by atoms with Gasteiger partial charge in [-0.1, -0.05) is 42.2 Å². The van der Waals surface area contributed by atoms with E-state index in [1.54, 1.807) is 12.1 Å². The molecule has 0 fully saturated rings. The second kappa shape index (κ2) is 9.31. The molecule has 1 amide bonds. The Bertz CT molecular complexity index is 980. The molecule has 0 aliphatic heterocycles. The molecule has 2 heterocycles. The first-order chi connectivity index (χ1) is 13.5. The number of thioether (sulfide) groups is 1. The monoisotopic (exact) mass is 433 g/mol. The van der Waals surface area contributed by atoms with Crippen molar-refractivity contribution in [3.63, 3.8) is 0 Å². The van der Waals surface area contributed by atoms with E-state index in [9.17, 15) is 9.59 Å². The van der Waals surface area contributed by atoms with Crippen LogP contribution in [-0.4, -0.2) is 29.2 Å². The van der Waals surface area contributed by atoms with Crippen LogP contribution >= 0.6 is 34.4 Å². The topological polar surface area (TPSA) is 81.2 Å². The van der Waals surface area contributed by atoms with E-state index in [1.165, 1.54) is 46.4 Å². The quantitative estimate of drug-likeness (QED) is 0.327. The van der Waals surface area contributed by atoms with E-state index in [0.717, 1.165) is 21.9 Å². The third-order valence-electron chi connectivity index (χ3n) is 3.93. The summed E-state index contributed by atoms with van der Waals surface area (Å²) in [5, 5.41) is 11.5. The largest absolute Gasteiger partial charge is 0.465 e. The van der Waals surface area contributed by atoms with Crippen LogP contribution in [0.3, 0.4) is 0 Å². The molecule has 6 nitrogen and oxygen atoms in total. The van der Waals surface area contributed by atoms with Gasteiger partial charge in [-0.2, -0.15) is 0 Å². The molecule has 9 heteroatoms. The number of aryl methyl sites for hydroxylation is 2. The van der Waals surface area contributed by atoms with Crippen LogP contribution in [0.1, 0.15) is 43.0 Å². The fourth-order valence-corrected chi connectivity index (χ4v) is 5.17. The number of nitrogens with zero attached hydrogens (tertiary/aromatic N) is 2. The fraction of sp³-hybridized carbons (Fsp3) is 0.263. The molecule has 3 rings (SSSR count). The minimum absolute atomic E-state index is 0.154. The van der Waals surface area contributed by atoms with Gasteiger partial charge in [0.1, 0.15) is 0 Å². The van der Waals surface area contributed by atoms with E-state index in [-0.39, 0.29) is 11.9 Å². The number of aromatic nitrogens is 2. The van der Waals surface area contributed by atoms with Crippen LogP contribution in [0.2, 0.25) is 0 Å². The smallest absolute Gasteiger partial charge is 0.337 e. The number of ether oxygens (including phenoxy) is 1. The van der Waals surface area contributed by atoms with Crippen molar-refractivity contribution in [2.24, 2.45) is 0 Å². The number of thiophene rings is 1. The molecule has 0 saturated heterocycles. The van der Waals surface area contributed by atoms with Crippen molar-refractivity contribution in [3.05, 3.63) is 56.8 Å². The summed E-state index contributed by atoms with van der Waals surface area (Å²) in [6, 6.07) is 9.15. The van der Waals surface area contributed by atoms with E-state index in [1.807, 2.05) is 25.1 Å². The van der Waals surface area contributed by atoms with Crippen molar-refractivity contribution in [2.45, 2.75) is 30.4 Å². The van der Waals surface area contributed by atoms with Crippen LogP contribution in [0.25, 0.3) is 0 Å². The van der Waals surface area contributed by atoms with Gasteiger partial charge in [-0.25, -0.2) is 4.79 Å². The molecule has 0 atom stereocenters. The molecule has 0 bridgehead atoms. The Morgan fingerprint density at radius 2 is 1.93 bits per heavy atom. The standard InChI is InChI=1S/C19H19N3O3S3/c1-4-14-11(2)9-15(27-14)16(23)20-18-21-22-19(28-18)26-10-12-5-7-13(8-6-12)17(24)25-3/h5-9H,4,10H2,1-3H3,(H,20,21,23). The molecule has 1 N–H and O–H groups in total. The highest BCUT2D eigenvalue weighted by atomic mass is 32.2. The highest BCUT2D eigenvalue weighted by Crippen LogP contribution is 2.29. The first-order valence-corrected chi connectivity index (χ1v) is 11.2. The average Bonchev–Trinajstić information content (AvgIpc) is 3.32. The summed E-state index contributed by atoms with van der Waals surface area (Å²) >= 11 is 4.38. The number of hydrogen-bond acceptors (Lipinski definition) is 8. The molecular weight excluding hydrogens is 414 g/mol. The maximum atomic E-state index is 12.4. The summed E-state index contributed by atoms with van der Waals surface area (Å²) in [6.07, 6.45) is 0.921. The summed E-state index contributed by atoms with van der Waals surface area (Å²) < 4.78 is 5.46. The zero-order valence-electron chi connectivity index (χ0n) is 15.6. The lowest BCUT2D eigenvalue weighted by molar-refractivity contribution is 0.0600. The third-order valence-corrected chi connectivity index (χ3v) is 7.35. The molecule has 0 radical (unpaired) electrons. The zero-order valence-corrected chi connectivity index (χ0v) is 18.1. The lowest BCUT2D eigenvalue weighted by Crippen LogP contribution is -2.09. The Morgan fingerprint density at radius 3 is 2.57 bits per heavy atom. The minimum atomic E-state index is -0.351. The molecule has 3 aromatic rings. The molecule has 0 saturated carbocycles. The van der Waals surface area contributed by atoms with E-state index in [0.29, 0.717) is 21.3 Å². The van der Waals surface area contributed by atoms with Gasteiger partial charge in [0.2, 0.25) is 5.13 Å². The van der Waals surface area contributed by atoms with Gasteiger partial charge in [0, 0.05) is 10.6 Å². The van der Waals surface area contributed by atoms with Crippen LogP contribution in [0.15, 0.2) is 34.7 Å². The van der Waals surface area contributed by atoms with Crippen molar-refractivity contribution in [2.75, 3.05) is 12.4 Å². The van der Waals surface area contributed by atoms with Crippen LogP contribution in [0.5, 0.6) is 0 Å². The van der Waals surface area contributed by atoms with Crippen molar-refractivity contribution >= 4 is 51.4 Å². The van der Waals surface area contributed by atoms with E-state index < -0.39 is 0 Å². The van der Waals surface area contributed by atoms with Gasteiger partial charge < -0.3 is 4.74 Å². The van der Waals surface area contributed by atoms with Gasteiger partial charge in [0.15, 0.2) is 4.34 Å². The Balaban J connectivity index is 1.56.